The Bertz CT molecular complexity index is 944. The Morgan fingerprint density at radius 2 is 1.82 bits per heavy atom. The average molecular weight is 314 g/mol. The minimum Gasteiger partial charge on any atom is -0.360 e. The van der Waals surface area contributed by atoms with Crippen LogP contribution >= 0.6 is 0 Å². The quantitative estimate of drug-likeness (QED) is 0.779. The fourth-order valence-corrected chi connectivity index (χ4v) is 3.77. The molecule has 0 atom stereocenters. The summed E-state index contributed by atoms with van der Waals surface area (Å²) < 4.78 is 25.5. The second-order valence-electron chi connectivity index (χ2n) is 4.81. The van der Waals surface area contributed by atoms with Crippen molar-refractivity contribution in [3.8, 4) is 0 Å². The predicted octanol–water partition coefficient (Wildman–Crippen LogP) is 2.36. The van der Waals surface area contributed by atoms with Gasteiger partial charge in [-0.3, -0.25) is 4.79 Å². The molecule has 0 aliphatic carbocycles. The second-order valence-corrected chi connectivity index (χ2v) is 6.73. The Kier molecular flexibility index (Phi) is 3.46. The highest BCUT2D eigenvalue weighted by Crippen LogP contribution is 2.28. The molecular formula is C16H14N2O3S. The Morgan fingerprint density at radius 1 is 1.09 bits per heavy atom. The summed E-state index contributed by atoms with van der Waals surface area (Å²) in [6, 6.07) is 13.2. The first kappa shape index (κ1) is 14.3. The van der Waals surface area contributed by atoms with E-state index >= 15 is 0 Å². The van der Waals surface area contributed by atoms with E-state index in [-0.39, 0.29) is 15.7 Å². The minimum absolute atomic E-state index is 0.166. The predicted molar refractivity (Wildman–Crippen MR) is 83.6 cm³/mol. The van der Waals surface area contributed by atoms with Gasteiger partial charge in [0, 0.05) is 29.7 Å². The molecule has 0 aliphatic heterocycles. The molecule has 2 N–H and O–H groups in total. The minimum atomic E-state index is -3.63. The van der Waals surface area contributed by atoms with E-state index in [1.54, 1.807) is 48.5 Å². The summed E-state index contributed by atoms with van der Waals surface area (Å²) >= 11 is 0. The lowest BCUT2D eigenvalue weighted by molar-refractivity contribution is 0.0963. The number of H-pyrrole nitrogens is 1. The fourth-order valence-electron chi connectivity index (χ4n) is 2.33. The van der Waals surface area contributed by atoms with Crippen LogP contribution in [0.3, 0.4) is 0 Å². The summed E-state index contributed by atoms with van der Waals surface area (Å²) in [6.45, 7) is 0. The zero-order valence-electron chi connectivity index (χ0n) is 11.8. The van der Waals surface area contributed by atoms with Crippen molar-refractivity contribution in [1.29, 1.82) is 0 Å². The van der Waals surface area contributed by atoms with Crippen molar-refractivity contribution in [2.45, 2.75) is 9.79 Å². The van der Waals surface area contributed by atoms with Gasteiger partial charge in [-0.1, -0.05) is 18.2 Å². The number of benzene rings is 2. The lowest BCUT2D eigenvalue weighted by Gasteiger charge is -2.04. The van der Waals surface area contributed by atoms with Gasteiger partial charge in [0.15, 0.2) is 0 Å². The van der Waals surface area contributed by atoms with Crippen molar-refractivity contribution in [3.63, 3.8) is 0 Å². The van der Waals surface area contributed by atoms with Gasteiger partial charge >= 0.3 is 0 Å². The number of nitrogens with one attached hydrogen (secondary N) is 2. The van der Waals surface area contributed by atoms with Gasteiger partial charge in [0.1, 0.15) is 0 Å². The molecule has 0 unspecified atom stereocenters. The molecule has 1 aromatic heterocycles. The first-order valence-electron chi connectivity index (χ1n) is 6.67. The molecule has 5 nitrogen and oxygen atoms in total. The molecule has 0 aliphatic rings. The molecule has 6 heteroatoms. The number of aromatic amines is 1. The molecule has 0 radical (unpaired) electrons. The smallest absolute Gasteiger partial charge is 0.251 e. The molecule has 0 saturated heterocycles. The van der Waals surface area contributed by atoms with Gasteiger partial charge in [0.05, 0.1) is 9.79 Å². The second kappa shape index (κ2) is 5.31. The van der Waals surface area contributed by atoms with Crippen molar-refractivity contribution in [2.24, 2.45) is 0 Å². The van der Waals surface area contributed by atoms with E-state index in [4.69, 9.17) is 0 Å². The molecule has 1 heterocycles. The van der Waals surface area contributed by atoms with Crippen LogP contribution in [-0.2, 0) is 9.84 Å². The van der Waals surface area contributed by atoms with Gasteiger partial charge < -0.3 is 10.3 Å². The van der Waals surface area contributed by atoms with Gasteiger partial charge in [0.25, 0.3) is 5.91 Å². The lowest BCUT2D eigenvalue weighted by Crippen LogP contribution is -2.17. The summed E-state index contributed by atoms with van der Waals surface area (Å²) in [6.07, 6.45) is 1.46. The van der Waals surface area contributed by atoms with Crippen molar-refractivity contribution >= 4 is 26.6 Å². The number of hydrogen-bond donors (Lipinski definition) is 2. The monoisotopic (exact) mass is 314 g/mol. The third-order valence-corrected chi connectivity index (χ3v) is 5.29. The standard InChI is InChI=1S/C16H14N2O3S/c1-17-16(19)11-7-8-14-13(9-11)15(10-18-14)22(20,21)12-5-3-2-4-6-12/h2-10,18H,1H3,(H,17,19). The molecule has 0 bridgehead atoms. The van der Waals surface area contributed by atoms with Crippen LogP contribution in [0.15, 0.2) is 64.5 Å². The van der Waals surface area contributed by atoms with E-state index in [9.17, 15) is 13.2 Å². The third kappa shape index (κ3) is 2.27. The highest BCUT2D eigenvalue weighted by molar-refractivity contribution is 7.91. The number of aromatic nitrogens is 1. The van der Waals surface area contributed by atoms with Crippen LogP contribution < -0.4 is 5.32 Å². The molecular weight excluding hydrogens is 300 g/mol. The van der Waals surface area contributed by atoms with E-state index in [0.29, 0.717) is 16.5 Å². The number of carbonyl (C=O) groups excluding carboxylic acids is 1. The van der Waals surface area contributed by atoms with Gasteiger partial charge in [0.2, 0.25) is 9.84 Å². The van der Waals surface area contributed by atoms with Crippen LogP contribution in [0.1, 0.15) is 10.4 Å². The summed E-state index contributed by atoms with van der Waals surface area (Å²) in [7, 11) is -2.10. The number of carbonyl (C=O) groups is 1. The molecule has 3 rings (SSSR count). The van der Waals surface area contributed by atoms with Crippen LogP contribution in [0.5, 0.6) is 0 Å². The molecule has 0 spiro atoms. The van der Waals surface area contributed by atoms with Crippen molar-refractivity contribution in [2.75, 3.05) is 7.05 Å². The molecule has 1 amide bonds. The lowest BCUT2D eigenvalue weighted by atomic mass is 10.1. The first-order chi connectivity index (χ1) is 10.5. The maximum atomic E-state index is 12.7. The fraction of sp³-hybridized carbons (Fsp3) is 0.0625. The Hall–Kier alpha value is -2.60. The first-order valence-corrected chi connectivity index (χ1v) is 8.15. The molecule has 3 aromatic rings. The number of hydrogen-bond acceptors (Lipinski definition) is 3. The zero-order chi connectivity index (χ0) is 15.7. The Balaban J connectivity index is 2.21. The maximum Gasteiger partial charge on any atom is 0.251 e. The summed E-state index contributed by atoms with van der Waals surface area (Å²) in [5.41, 5.74) is 1.08. The topological polar surface area (TPSA) is 79.0 Å². The van der Waals surface area contributed by atoms with Crippen LogP contribution in [0.4, 0.5) is 0 Å². The highest BCUT2D eigenvalue weighted by Gasteiger charge is 2.22. The molecule has 0 saturated carbocycles. The summed E-state index contributed by atoms with van der Waals surface area (Å²) in [4.78, 5) is 15.1. The normalized spacial score (nSPS) is 11.5. The van der Waals surface area contributed by atoms with E-state index in [2.05, 4.69) is 10.3 Å². The van der Waals surface area contributed by atoms with E-state index in [1.807, 2.05) is 0 Å². The van der Waals surface area contributed by atoms with Crippen molar-refractivity contribution in [3.05, 3.63) is 60.3 Å². The number of amides is 1. The SMILES string of the molecule is CNC(=O)c1ccc2[nH]cc(S(=O)(=O)c3ccccc3)c2c1. The summed E-state index contributed by atoms with van der Waals surface area (Å²) in [5, 5.41) is 3.03. The van der Waals surface area contributed by atoms with Crippen molar-refractivity contribution in [1.82, 2.24) is 10.3 Å². The Labute approximate surface area is 127 Å². The van der Waals surface area contributed by atoms with Crippen LogP contribution in [0.25, 0.3) is 10.9 Å². The molecule has 2 aromatic carbocycles. The largest absolute Gasteiger partial charge is 0.360 e. The van der Waals surface area contributed by atoms with Gasteiger partial charge in [-0.15, -0.1) is 0 Å². The zero-order valence-corrected chi connectivity index (χ0v) is 12.6. The maximum absolute atomic E-state index is 12.7. The number of sulfone groups is 1. The summed E-state index contributed by atoms with van der Waals surface area (Å²) in [5.74, 6) is -0.258. The molecule has 22 heavy (non-hydrogen) atoms. The van der Waals surface area contributed by atoms with Crippen LogP contribution in [0, 0.1) is 0 Å². The highest BCUT2D eigenvalue weighted by atomic mass is 32.2. The number of rotatable bonds is 3. The van der Waals surface area contributed by atoms with Gasteiger partial charge in [-0.25, -0.2) is 8.42 Å². The van der Waals surface area contributed by atoms with Gasteiger partial charge in [-0.2, -0.15) is 0 Å². The van der Waals surface area contributed by atoms with Crippen LogP contribution in [-0.4, -0.2) is 26.4 Å². The van der Waals surface area contributed by atoms with Crippen molar-refractivity contribution < 1.29 is 13.2 Å². The van der Waals surface area contributed by atoms with Gasteiger partial charge in [-0.05, 0) is 30.3 Å². The number of fused-ring (bicyclic) bond motifs is 1. The third-order valence-electron chi connectivity index (χ3n) is 3.48. The van der Waals surface area contributed by atoms with E-state index in [0.717, 1.165) is 0 Å². The van der Waals surface area contributed by atoms with E-state index < -0.39 is 9.84 Å². The molecule has 112 valence electrons. The van der Waals surface area contributed by atoms with E-state index in [1.165, 1.54) is 13.2 Å². The molecule has 0 fully saturated rings. The van der Waals surface area contributed by atoms with Crippen LogP contribution in [0.2, 0.25) is 0 Å². The average Bonchev–Trinajstić information content (AvgIpc) is 2.98. The Morgan fingerprint density at radius 3 is 2.50 bits per heavy atom.